The van der Waals surface area contributed by atoms with Gasteiger partial charge in [0, 0.05) is 25.4 Å². The van der Waals surface area contributed by atoms with Gasteiger partial charge >= 0.3 is 0 Å². The lowest BCUT2D eigenvalue weighted by atomic mass is 10.0. The van der Waals surface area contributed by atoms with Crippen molar-refractivity contribution in [3.05, 3.63) is 72.1 Å². The van der Waals surface area contributed by atoms with Gasteiger partial charge in [-0.2, -0.15) is 0 Å². The molecular weight excluding hydrogens is 430 g/mol. The maximum Gasteiger partial charge on any atom is 0.245 e. The van der Waals surface area contributed by atoms with Crippen LogP contribution in [0.2, 0.25) is 0 Å². The number of carbonyl (C=O) groups is 3. The smallest absolute Gasteiger partial charge is 0.245 e. The molecule has 1 saturated heterocycles. The molecule has 3 rings (SSSR count). The minimum absolute atomic E-state index is 0.0752. The second-order valence-corrected chi connectivity index (χ2v) is 8.81. The standard InChI is InChI=1S/C27H34N3O4/c1-20(26(28)32)10-15-25(31)29-24(27(33)30-16-6-3-7-17-30)18-21-11-13-23(14-12-21)34-19-22-8-4-2-5-9-22/h2,4-5,8-9,11-15,20,24H,3,6-7,10,16-19H2,1H3,(H2,28,32)(H,29,31). The normalized spacial score (nSPS) is 15.3. The molecule has 7 nitrogen and oxygen atoms in total. The molecule has 2 atom stereocenters. The average molecular weight is 465 g/mol. The van der Waals surface area contributed by atoms with Crippen molar-refractivity contribution in [3.63, 3.8) is 0 Å². The molecule has 0 spiro atoms. The highest BCUT2D eigenvalue weighted by Gasteiger charge is 2.27. The van der Waals surface area contributed by atoms with Crippen molar-refractivity contribution < 1.29 is 19.1 Å². The van der Waals surface area contributed by atoms with Crippen LogP contribution in [0.15, 0.2) is 54.6 Å². The molecule has 2 aromatic carbocycles. The first-order valence-corrected chi connectivity index (χ1v) is 11.9. The van der Waals surface area contributed by atoms with Gasteiger partial charge < -0.3 is 20.7 Å². The lowest BCUT2D eigenvalue weighted by molar-refractivity contribution is -0.136. The summed E-state index contributed by atoms with van der Waals surface area (Å²) >= 11 is 0. The fraction of sp³-hybridized carbons (Fsp3) is 0.407. The number of rotatable bonds is 11. The number of amides is 3. The first-order valence-electron chi connectivity index (χ1n) is 11.9. The van der Waals surface area contributed by atoms with Gasteiger partial charge in [0.25, 0.3) is 0 Å². The van der Waals surface area contributed by atoms with Crippen LogP contribution in [0.4, 0.5) is 0 Å². The molecule has 2 unspecified atom stereocenters. The molecule has 0 bridgehead atoms. The number of carbonyl (C=O) groups excluding carboxylic acids is 3. The van der Waals surface area contributed by atoms with Gasteiger partial charge in [-0.05, 0) is 48.9 Å². The summed E-state index contributed by atoms with van der Waals surface area (Å²) < 4.78 is 5.85. The summed E-state index contributed by atoms with van der Waals surface area (Å²) in [5.41, 5.74) is 7.29. The molecule has 0 saturated carbocycles. The van der Waals surface area contributed by atoms with Gasteiger partial charge in [-0.1, -0.05) is 49.4 Å². The van der Waals surface area contributed by atoms with E-state index in [1.54, 1.807) is 6.92 Å². The number of hydrogen-bond donors (Lipinski definition) is 2. The monoisotopic (exact) mass is 464 g/mol. The molecule has 1 aliphatic heterocycles. The summed E-state index contributed by atoms with van der Waals surface area (Å²) in [4.78, 5) is 38.8. The molecule has 3 N–H and O–H groups in total. The SMILES string of the molecule is CC(C[CH]C(=O)NC(Cc1ccc(OCc2ccccc2)cc1)C(=O)N1CCCCC1)C(N)=O. The van der Waals surface area contributed by atoms with Gasteiger partial charge in [-0.15, -0.1) is 0 Å². The van der Waals surface area contributed by atoms with Crippen LogP contribution in [0.25, 0.3) is 0 Å². The van der Waals surface area contributed by atoms with E-state index in [-0.39, 0.29) is 18.2 Å². The minimum atomic E-state index is -0.679. The summed E-state index contributed by atoms with van der Waals surface area (Å²) in [5, 5.41) is 2.85. The van der Waals surface area contributed by atoms with Crippen LogP contribution in [0.1, 0.15) is 43.7 Å². The first kappa shape index (κ1) is 25.3. The van der Waals surface area contributed by atoms with Gasteiger partial charge in [-0.25, -0.2) is 0 Å². The number of piperidine rings is 1. The molecular formula is C27H34N3O4. The Labute approximate surface area is 201 Å². The maximum absolute atomic E-state index is 13.2. The molecule has 1 aliphatic rings. The summed E-state index contributed by atoms with van der Waals surface area (Å²) in [6, 6.07) is 16.8. The molecule has 1 radical (unpaired) electrons. The third-order valence-corrected chi connectivity index (χ3v) is 6.04. The number of nitrogens with zero attached hydrogens (tertiary/aromatic N) is 1. The molecule has 34 heavy (non-hydrogen) atoms. The predicted molar refractivity (Wildman–Crippen MR) is 131 cm³/mol. The Morgan fingerprint density at radius 3 is 2.32 bits per heavy atom. The average Bonchev–Trinajstić information content (AvgIpc) is 2.87. The van der Waals surface area contributed by atoms with E-state index in [9.17, 15) is 14.4 Å². The van der Waals surface area contributed by atoms with Gasteiger partial charge in [-0.3, -0.25) is 14.4 Å². The number of likely N-dealkylation sites (tertiary alicyclic amines) is 1. The minimum Gasteiger partial charge on any atom is -0.489 e. The molecule has 1 heterocycles. The van der Waals surface area contributed by atoms with Crippen LogP contribution in [-0.4, -0.2) is 41.8 Å². The maximum atomic E-state index is 13.2. The van der Waals surface area contributed by atoms with Crippen molar-refractivity contribution >= 4 is 17.7 Å². The highest BCUT2D eigenvalue weighted by molar-refractivity contribution is 5.92. The Morgan fingerprint density at radius 2 is 1.68 bits per heavy atom. The molecule has 7 heteroatoms. The number of benzene rings is 2. The fourth-order valence-electron chi connectivity index (χ4n) is 3.86. The third kappa shape index (κ3) is 7.90. The highest BCUT2D eigenvalue weighted by Crippen LogP contribution is 2.17. The van der Waals surface area contributed by atoms with E-state index in [0.717, 1.165) is 36.1 Å². The molecule has 2 aromatic rings. The number of ether oxygens (including phenoxy) is 1. The van der Waals surface area contributed by atoms with Gasteiger partial charge in [0.05, 0.1) is 6.42 Å². The Morgan fingerprint density at radius 1 is 1.00 bits per heavy atom. The third-order valence-electron chi connectivity index (χ3n) is 6.04. The second-order valence-electron chi connectivity index (χ2n) is 8.81. The Hall–Kier alpha value is -3.35. The van der Waals surface area contributed by atoms with Crippen LogP contribution in [0, 0.1) is 12.3 Å². The Balaban J connectivity index is 1.62. The lowest BCUT2D eigenvalue weighted by Crippen LogP contribution is -2.51. The quantitative estimate of drug-likeness (QED) is 0.534. The van der Waals surface area contributed by atoms with Gasteiger partial charge in [0.2, 0.25) is 17.7 Å². The van der Waals surface area contributed by atoms with Crippen LogP contribution >= 0.6 is 0 Å². The molecule has 0 aromatic heterocycles. The van der Waals surface area contributed by atoms with E-state index in [4.69, 9.17) is 10.5 Å². The van der Waals surface area contributed by atoms with Crippen molar-refractivity contribution in [1.29, 1.82) is 0 Å². The second kappa shape index (κ2) is 12.8. The highest BCUT2D eigenvalue weighted by atomic mass is 16.5. The Bertz CT molecular complexity index is 940. The van der Waals surface area contributed by atoms with E-state index in [2.05, 4.69) is 5.32 Å². The van der Waals surface area contributed by atoms with Crippen molar-refractivity contribution in [1.82, 2.24) is 10.2 Å². The van der Waals surface area contributed by atoms with Crippen LogP contribution in [0.3, 0.4) is 0 Å². The van der Waals surface area contributed by atoms with Crippen LogP contribution in [0.5, 0.6) is 5.75 Å². The zero-order valence-corrected chi connectivity index (χ0v) is 19.7. The van der Waals surface area contributed by atoms with Gasteiger partial charge in [0.1, 0.15) is 18.4 Å². The summed E-state index contributed by atoms with van der Waals surface area (Å²) in [6.07, 6.45) is 5.07. The largest absolute Gasteiger partial charge is 0.489 e. The number of nitrogens with one attached hydrogen (secondary N) is 1. The molecule has 3 amide bonds. The zero-order chi connectivity index (χ0) is 24.3. The Kier molecular flexibility index (Phi) is 9.50. The molecule has 181 valence electrons. The first-order chi connectivity index (χ1) is 16.4. The lowest BCUT2D eigenvalue weighted by Gasteiger charge is -2.31. The van der Waals surface area contributed by atoms with Crippen molar-refractivity contribution in [2.24, 2.45) is 11.7 Å². The van der Waals surface area contributed by atoms with Crippen molar-refractivity contribution in [3.8, 4) is 5.75 Å². The van der Waals surface area contributed by atoms with E-state index >= 15 is 0 Å². The number of hydrogen-bond acceptors (Lipinski definition) is 4. The van der Waals surface area contributed by atoms with Crippen molar-refractivity contribution in [2.75, 3.05) is 13.1 Å². The topological polar surface area (TPSA) is 102 Å². The summed E-state index contributed by atoms with van der Waals surface area (Å²) in [7, 11) is 0. The van der Waals surface area contributed by atoms with Crippen LogP contribution < -0.4 is 15.8 Å². The molecule has 0 aliphatic carbocycles. The van der Waals surface area contributed by atoms with E-state index in [1.165, 1.54) is 6.42 Å². The van der Waals surface area contributed by atoms with E-state index in [0.29, 0.717) is 26.1 Å². The summed E-state index contributed by atoms with van der Waals surface area (Å²) in [5.74, 6) is -0.602. The zero-order valence-electron chi connectivity index (χ0n) is 19.7. The van der Waals surface area contributed by atoms with E-state index in [1.807, 2.05) is 59.5 Å². The van der Waals surface area contributed by atoms with Gasteiger partial charge in [0.15, 0.2) is 0 Å². The molecule has 1 fully saturated rings. The number of nitrogens with two attached hydrogens (primary N) is 1. The fourth-order valence-corrected chi connectivity index (χ4v) is 3.86. The number of primary amides is 1. The van der Waals surface area contributed by atoms with Crippen LogP contribution in [-0.2, 0) is 27.4 Å². The van der Waals surface area contributed by atoms with E-state index < -0.39 is 17.9 Å². The van der Waals surface area contributed by atoms with Crippen molar-refractivity contribution in [2.45, 2.75) is 51.7 Å². The summed E-state index contributed by atoms with van der Waals surface area (Å²) in [6.45, 7) is 3.57. The predicted octanol–water partition coefficient (Wildman–Crippen LogP) is 3.02.